The van der Waals surface area contributed by atoms with Crippen molar-refractivity contribution >= 4 is 17.2 Å². The predicted molar refractivity (Wildman–Crippen MR) is 117 cm³/mol. The van der Waals surface area contributed by atoms with Crippen LogP contribution in [-0.2, 0) is 13.0 Å². The van der Waals surface area contributed by atoms with E-state index in [9.17, 15) is 4.79 Å². The van der Waals surface area contributed by atoms with Gasteiger partial charge in [0.1, 0.15) is 10.8 Å². The summed E-state index contributed by atoms with van der Waals surface area (Å²) in [6, 6.07) is 13.1. The van der Waals surface area contributed by atoms with E-state index >= 15 is 0 Å². The number of rotatable bonds is 6. The summed E-state index contributed by atoms with van der Waals surface area (Å²) in [7, 11) is 3.24. The fourth-order valence-corrected chi connectivity index (χ4v) is 4.62. The molecular formula is C23H24N2O4S. The lowest BCUT2D eigenvalue weighted by atomic mass is 10.1. The van der Waals surface area contributed by atoms with E-state index in [1.807, 2.05) is 54.3 Å². The summed E-state index contributed by atoms with van der Waals surface area (Å²) in [5.74, 6) is 2.17. The van der Waals surface area contributed by atoms with Gasteiger partial charge in [0.25, 0.3) is 5.91 Å². The standard InChI is InChI=1S/C23H24N2O4S/c1-4-29-17-8-5-15(6-9-17)23(26)25-12-11-18-21(14-25)30-22(24-18)16-7-10-19(27-2)20(13-16)28-3/h5-10,13H,4,11-12,14H2,1-3H3. The summed E-state index contributed by atoms with van der Waals surface area (Å²) >= 11 is 1.63. The minimum Gasteiger partial charge on any atom is -0.494 e. The highest BCUT2D eigenvalue weighted by Crippen LogP contribution is 2.36. The van der Waals surface area contributed by atoms with Crippen molar-refractivity contribution in [1.82, 2.24) is 9.88 Å². The monoisotopic (exact) mass is 424 g/mol. The Labute approximate surface area is 180 Å². The number of hydrogen-bond acceptors (Lipinski definition) is 6. The van der Waals surface area contributed by atoms with E-state index in [-0.39, 0.29) is 5.91 Å². The second kappa shape index (κ2) is 8.75. The summed E-state index contributed by atoms with van der Waals surface area (Å²) in [5.41, 5.74) is 2.73. The predicted octanol–water partition coefficient (Wildman–Crippen LogP) is 4.42. The van der Waals surface area contributed by atoms with Crippen LogP contribution in [0, 0.1) is 0 Å². The fraction of sp³-hybridized carbons (Fsp3) is 0.304. The molecule has 1 aliphatic rings. The Balaban J connectivity index is 1.52. The average molecular weight is 425 g/mol. The van der Waals surface area contributed by atoms with Gasteiger partial charge in [0, 0.05) is 29.0 Å². The van der Waals surface area contributed by atoms with Gasteiger partial charge < -0.3 is 19.1 Å². The Morgan fingerprint density at radius 1 is 1.10 bits per heavy atom. The summed E-state index contributed by atoms with van der Waals surface area (Å²) in [6.45, 7) is 3.78. The molecule has 1 aliphatic heterocycles. The van der Waals surface area contributed by atoms with Crippen LogP contribution in [0.25, 0.3) is 10.6 Å². The van der Waals surface area contributed by atoms with Crippen molar-refractivity contribution in [3.8, 4) is 27.8 Å². The molecule has 1 amide bonds. The first kappa shape index (κ1) is 20.2. The zero-order valence-electron chi connectivity index (χ0n) is 17.3. The van der Waals surface area contributed by atoms with Crippen molar-refractivity contribution in [2.75, 3.05) is 27.4 Å². The lowest BCUT2D eigenvalue weighted by molar-refractivity contribution is 0.0736. The molecule has 6 nitrogen and oxygen atoms in total. The van der Waals surface area contributed by atoms with Crippen LogP contribution in [0.3, 0.4) is 0 Å². The largest absolute Gasteiger partial charge is 0.494 e. The summed E-state index contributed by atoms with van der Waals surface area (Å²) < 4.78 is 16.2. The highest BCUT2D eigenvalue weighted by molar-refractivity contribution is 7.15. The summed E-state index contributed by atoms with van der Waals surface area (Å²) in [6.07, 6.45) is 0.752. The molecule has 0 aliphatic carbocycles. The smallest absolute Gasteiger partial charge is 0.254 e. The van der Waals surface area contributed by atoms with E-state index in [0.29, 0.717) is 36.8 Å². The highest BCUT2D eigenvalue weighted by Gasteiger charge is 2.25. The number of carbonyl (C=O) groups is 1. The van der Waals surface area contributed by atoms with Gasteiger partial charge in [0.2, 0.25) is 0 Å². The molecule has 0 radical (unpaired) electrons. The second-order valence-electron chi connectivity index (χ2n) is 6.89. The van der Waals surface area contributed by atoms with Crippen molar-refractivity contribution in [2.45, 2.75) is 19.9 Å². The molecule has 0 atom stereocenters. The highest BCUT2D eigenvalue weighted by atomic mass is 32.1. The number of aromatic nitrogens is 1. The maximum absolute atomic E-state index is 12.9. The van der Waals surface area contributed by atoms with Gasteiger partial charge in [0.15, 0.2) is 11.5 Å². The van der Waals surface area contributed by atoms with Crippen LogP contribution in [0.1, 0.15) is 27.9 Å². The van der Waals surface area contributed by atoms with Crippen molar-refractivity contribution in [3.05, 3.63) is 58.6 Å². The van der Waals surface area contributed by atoms with Gasteiger partial charge in [-0.15, -0.1) is 11.3 Å². The molecule has 0 saturated heterocycles. The zero-order chi connectivity index (χ0) is 21.1. The first-order valence-electron chi connectivity index (χ1n) is 9.86. The third kappa shape index (κ3) is 3.98. The third-order valence-electron chi connectivity index (χ3n) is 5.06. The molecule has 0 saturated carbocycles. The molecule has 0 bridgehead atoms. The molecule has 0 N–H and O–H groups in total. The topological polar surface area (TPSA) is 60.9 Å². The minimum atomic E-state index is 0.0322. The van der Waals surface area contributed by atoms with E-state index in [2.05, 4.69) is 0 Å². The average Bonchev–Trinajstić information content (AvgIpc) is 3.22. The number of thiazole rings is 1. The van der Waals surface area contributed by atoms with Crippen LogP contribution in [0.15, 0.2) is 42.5 Å². The maximum atomic E-state index is 12.9. The SMILES string of the molecule is CCOc1ccc(C(=O)N2CCc3nc(-c4ccc(OC)c(OC)c4)sc3C2)cc1. The Hall–Kier alpha value is -3.06. The van der Waals surface area contributed by atoms with Crippen LogP contribution in [0.2, 0.25) is 0 Å². The normalized spacial score (nSPS) is 13.0. The van der Waals surface area contributed by atoms with Crippen LogP contribution in [0.5, 0.6) is 17.2 Å². The van der Waals surface area contributed by atoms with Gasteiger partial charge in [-0.1, -0.05) is 0 Å². The van der Waals surface area contributed by atoms with Crippen LogP contribution >= 0.6 is 11.3 Å². The van der Waals surface area contributed by atoms with E-state index in [4.69, 9.17) is 19.2 Å². The van der Waals surface area contributed by atoms with Gasteiger partial charge in [-0.25, -0.2) is 4.98 Å². The fourth-order valence-electron chi connectivity index (χ4n) is 3.50. The molecule has 30 heavy (non-hydrogen) atoms. The van der Waals surface area contributed by atoms with Gasteiger partial charge >= 0.3 is 0 Å². The second-order valence-corrected chi connectivity index (χ2v) is 7.98. The lowest BCUT2D eigenvalue weighted by Crippen LogP contribution is -2.35. The molecule has 7 heteroatoms. The molecular weight excluding hydrogens is 400 g/mol. The van der Waals surface area contributed by atoms with Gasteiger partial charge in [-0.3, -0.25) is 4.79 Å². The Morgan fingerprint density at radius 2 is 1.87 bits per heavy atom. The molecule has 2 aromatic carbocycles. The number of hydrogen-bond donors (Lipinski definition) is 0. The number of benzene rings is 2. The molecule has 2 heterocycles. The Morgan fingerprint density at radius 3 is 2.57 bits per heavy atom. The first-order chi connectivity index (χ1) is 14.6. The molecule has 0 spiro atoms. The van der Waals surface area contributed by atoms with Crippen molar-refractivity contribution < 1.29 is 19.0 Å². The molecule has 3 aromatic rings. The number of amides is 1. The molecule has 1 aromatic heterocycles. The third-order valence-corrected chi connectivity index (χ3v) is 6.19. The molecule has 156 valence electrons. The summed E-state index contributed by atoms with van der Waals surface area (Å²) in [4.78, 5) is 20.8. The first-order valence-corrected chi connectivity index (χ1v) is 10.7. The minimum absolute atomic E-state index is 0.0322. The lowest BCUT2D eigenvalue weighted by Gasteiger charge is -2.26. The van der Waals surface area contributed by atoms with Crippen molar-refractivity contribution in [2.24, 2.45) is 0 Å². The van der Waals surface area contributed by atoms with E-state index in [1.165, 1.54) is 0 Å². The van der Waals surface area contributed by atoms with Gasteiger partial charge in [0.05, 0.1) is 33.1 Å². The van der Waals surface area contributed by atoms with E-state index < -0.39 is 0 Å². The molecule has 0 unspecified atom stereocenters. The van der Waals surface area contributed by atoms with Crippen molar-refractivity contribution in [3.63, 3.8) is 0 Å². The Kier molecular flexibility index (Phi) is 5.90. The number of methoxy groups -OCH3 is 2. The number of fused-ring (bicyclic) bond motifs is 1. The molecule has 0 fully saturated rings. The number of nitrogens with zero attached hydrogens (tertiary/aromatic N) is 2. The quantitative estimate of drug-likeness (QED) is 0.586. The van der Waals surface area contributed by atoms with Gasteiger partial charge in [-0.2, -0.15) is 0 Å². The Bertz CT molecular complexity index is 1050. The van der Waals surface area contributed by atoms with E-state index in [0.717, 1.165) is 33.3 Å². The van der Waals surface area contributed by atoms with E-state index in [1.54, 1.807) is 25.6 Å². The van der Waals surface area contributed by atoms with Crippen LogP contribution < -0.4 is 14.2 Å². The zero-order valence-corrected chi connectivity index (χ0v) is 18.1. The van der Waals surface area contributed by atoms with Crippen LogP contribution in [0.4, 0.5) is 0 Å². The van der Waals surface area contributed by atoms with Crippen molar-refractivity contribution in [1.29, 1.82) is 0 Å². The number of ether oxygens (including phenoxy) is 3. The maximum Gasteiger partial charge on any atom is 0.254 e. The van der Waals surface area contributed by atoms with Crippen LogP contribution in [-0.4, -0.2) is 43.2 Å². The van der Waals surface area contributed by atoms with Gasteiger partial charge in [-0.05, 0) is 49.4 Å². The molecule has 4 rings (SSSR count). The summed E-state index contributed by atoms with van der Waals surface area (Å²) in [5, 5.41) is 0.927. The number of carbonyl (C=O) groups excluding carboxylic acids is 1.